The molecule has 0 N–H and O–H groups in total. The number of nitrogens with zero attached hydrogens (tertiary/aromatic N) is 1. The maximum absolute atomic E-state index is 12.2. The van der Waals surface area contributed by atoms with Gasteiger partial charge in [0, 0.05) is 18.8 Å². The quantitative estimate of drug-likeness (QED) is 0.695. The van der Waals surface area contributed by atoms with Gasteiger partial charge in [-0.15, -0.1) is 0 Å². The van der Waals surface area contributed by atoms with Crippen molar-refractivity contribution in [3.8, 4) is 6.07 Å². The molecule has 3 nitrogen and oxygen atoms in total. The summed E-state index contributed by atoms with van der Waals surface area (Å²) in [5.41, 5.74) is -0.287. The van der Waals surface area contributed by atoms with Crippen molar-refractivity contribution in [2.75, 3.05) is 0 Å². The molecule has 0 bridgehead atoms. The molecular formula is C22H31NO2. The molecule has 0 aromatic carbocycles. The zero-order chi connectivity index (χ0) is 18.0. The van der Waals surface area contributed by atoms with Gasteiger partial charge in [-0.2, -0.15) is 5.26 Å². The molecule has 0 aromatic rings. The van der Waals surface area contributed by atoms with Crippen LogP contribution < -0.4 is 0 Å². The van der Waals surface area contributed by atoms with Gasteiger partial charge >= 0.3 is 0 Å². The summed E-state index contributed by atoms with van der Waals surface area (Å²) in [5.74, 6) is 2.73. The first kappa shape index (κ1) is 17.3. The van der Waals surface area contributed by atoms with Crippen LogP contribution in [0.2, 0.25) is 0 Å². The Morgan fingerprint density at radius 1 is 1.08 bits per heavy atom. The summed E-state index contributed by atoms with van der Waals surface area (Å²) in [5, 5.41) is 10.1. The molecule has 7 atom stereocenters. The molecule has 4 saturated carbocycles. The Labute approximate surface area is 151 Å². The van der Waals surface area contributed by atoms with E-state index < -0.39 is 5.41 Å². The van der Waals surface area contributed by atoms with E-state index >= 15 is 0 Å². The van der Waals surface area contributed by atoms with Gasteiger partial charge in [-0.3, -0.25) is 9.59 Å². The molecule has 0 aliphatic heterocycles. The topological polar surface area (TPSA) is 57.9 Å². The molecule has 0 radical (unpaired) electrons. The molecule has 4 aliphatic carbocycles. The lowest BCUT2D eigenvalue weighted by Gasteiger charge is -2.62. The van der Waals surface area contributed by atoms with Crippen molar-refractivity contribution in [1.29, 1.82) is 5.26 Å². The minimum atomic E-state index is -0.435. The van der Waals surface area contributed by atoms with Gasteiger partial charge in [-0.25, -0.2) is 0 Å². The van der Waals surface area contributed by atoms with Crippen LogP contribution in [0, 0.1) is 51.2 Å². The first-order chi connectivity index (χ1) is 11.8. The number of fused-ring (bicyclic) bond motifs is 5. The zero-order valence-electron chi connectivity index (χ0n) is 15.9. The predicted molar refractivity (Wildman–Crippen MR) is 95.5 cm³/mol. The van der Waals surface area contributed by atoms with Crippen molar-refractivity contribution in [1.82, 2.24) is 0 Å². The van der Waals surface area contributed by atoms with Gasteiger partial charge < -0.3 is 0 Å². The summed E-state index contributed by atoms with van der Waals surface area (Å²) in [7, 11) is 0. The van der Waals surface area contributed by atoms with Gasteiger partial charge in [0.2, 0.25) is 0 Å². The Kier molecular flexibility index (Phi) is 3.74. The minimum Gasteiger partial charge on any atom is -0.300 e. The molecule has 25 heavy (non-hydrogen) atoms. The van der Waals surface area contributed by atoms with Crippen molar-refractivity contribution in [2.24, 2.45) is 39.9 Å². The number of hydrogen-bond acceptors (Lipinski definition) is 3. The van der Waals surface area contributed by atoms with Crippen LogP contribution in [0.5, 0.6) is 0 Å². The summed E-state index contributed by atoms with van der Waals surface area (Å²) < 4.78 is 0. The molecule has 4 rings (SSSR count). The Morgan fingerprint density at radius 3 is 2.52 bits per heavy atom. The summed E-state index contributed by atoms with van der Waals surface area (Å²) in [6.07, 6.45) is 8.46. The average Bonchev–Trinajstić information content (AvgIpc) is 2.93. The van der Waals surface area contributed by atoms with Gasteiger partial charge in [0.15, 0.2) is 0 Å². The van der Waals surface area contributed by atoms with Crippen LogP contribution in [-0.4, -0.2) is 11.6 Å². The van der Waals surface area contributed by atoms with Gasteiger partial charge in [0.05, 0.1) is 11.5 Å². The number of carbonyl (C=O) groups is 2. The Morgan fingerprint density at radius 2 is 1.84 bits per heavy atom. The van der Waals surface area contributed by atoms with E-state index in [1.165, 1.54) is 6.42 Å². The van der Waals surface area contributed by atoms with E-state index in [4.69, 9.17) is 0 Å². The van der Waals surface area contributed by atoms with Crippen LogP contribution in [0.1, 0.15) is 78.6 Å². The monoisotopic (exact) mass is 341 g/mol. The number of rotatable bonds is 1. The lowest BCUT2D eigenvalue weighted by atomic mass is 9.40. The van der Waals surface area contributed by atoms with Crippen molar-refractivity contribution in [3.63, 3.8) is 0 Å². The third kappa shape index (κ3) is 2.09. The molecular weight excluding hydrogens is 310 g/mol. The van der Waals surface area contributed by atoms with Gasteiger partial charge in [0.1, 0.15) is 11.6 Å². The molecule has 4 fully saturated rings. The number of ketones is 2. The number of carbonyl (C=O) groups excluding carboxylic acids is 2. The fourth-order valence-electron chi connectivity index (χ4n) is 7.96. The second kappa shape index (κ2) is 5.41. The highest BCUT2D eigenvalue weighted by atomic mass is 16.1. The Hall–Kier alpha value is -1.17. The van der Waals surface area contributed by atoms with Crippen LogP contribution in [0.15, 0.2) is 0 Å². The third-order valence-electron chi connectivity index (χ3n) is 9.38. The molecule has 0 spiro atoms. The largest absolute Gasteiger partial charge is 0.300 e. The van der Waals surface area contributed by atoms with Gasteiger partial charge in [0.25, 0.3) is 0 Å². The van der Waals surface area contributed by atoms with Crippen LogP contribution in [0.4, 0.5) is 0 Å². The first-order valence-electron chi connectivity index (χ1n) is 10.2. The maximum atomic E-state index is 12.2. The van der Waals surface area contributed by atoms with Crippen molar-refractivity contribution >= 4 is 11.6 Å². The van der Waals surface area contributed by atoms with Crippen LogP contribution >= 0.6 is 0 Å². The van der Waals surface area contributed by atoms with E-state index in [-0.39, 0.29) is 22.5 Å². The van der Waals surface area contributed by atoms with E-state index in [1.54, 1.807) is 6.92 Å². The number of Topliss-reactive ketones (excluding diaryl/α,β-unsaturated/α-hetero) is 2. The normalized spacial score (nSPS) is 51.8. The minimum absolute atomic E-state index is 0.0196. The SMILES string of the molecule is CC(=O)[C@H]1CC[C@H]2[C@@H]3CC[C@@]4(C#N)CC(=O)CC[C@]4(C)[C@H]3CC[C@]12C. The lowest BCUT2D eigenvalue weighted by Crippen LogP contribution is -2.58. The third-order valence-corrected chi connectivity index (χ3v) is 9.38. The van der Waals surface area contributed by atoms with Crippen LogP contribution in [0.3, 0.4) is 0 Å². The second-order valence-electron chi connectivity index (χ2n) is 10.0. The molecule has 0 unspecified atom stereocenters. The van der Waals surface area contributed by atoms with Crippen molar-refractivity contribution < 1.29 is 9.59 Å². The molecule has 0 aromatic heterocycles. The summed E-state index contributed by atoms with van der Waals surface area (Å²) >= 11 is 0. The second-order valence-corrected chi connectivity index (χ2v) is 10.0. The highest BCUT2D eigenvalue weighted by molar-refractivity contribution is 5.81. The summed E-state index contributed by atoms with van der Waals surface area (Å²) in [4.78, 5) is 24.4. The molecule has 0 heterocycles. The standard InChI is InChI=1S/C22H31NO2/c1-14(24)17-4-5-18-16-7-11-22(13-23)12-15(25)6-10-21(22,3)19(16)8-9-20(17,18)2/h16-19H,4-12H2,1-3H3/t16-,17+,18-,19-,20+,21+,22-/m0/s1. The Bertz CT molecular complexity index is 663. The fraction of sp³-hybridized carbons (Fsp3) is 0.864. The van der Waals surface area contributed by atoms with E-state index in [0.29, 0.717) is 36.4 Å². The smallest absolute Gasteiger partial charge is 0.134 e. The molecule has 136 valence electrons. The molecule has 3 heteroatoms. The maximum Gasteiger partial charge on any atom is 0.134 e. The summed E-state index contributed by atoms with van der Waals surface area (Å²) in [6, 6.07) is 2.64. The lowest BCUT2D eigenvalue weighted by molar-refractivity contribution is -0.155. The molecule has 0 saturated heterocycles. The van der Waals surface area contributed by atoms with Gasteiger partial charge in [-0.05, 0) is 80.5 Å². The molecule has 4 aliphatic rings. The number of hydrogen-bond donors (Lipinski definition) is 0. The van der Waals surface area contributed by atoms with Crippen LogP contribution in [-0.2, 0) is 9.59 Å². The highest BCUT2D eigenvalue weighted by Gasteiger charge is 2.65. The zero-order valence-corrected chi connectivity index (χ0v) is 15.9. The summed E-state index contributed by atoms with van der Waals surface area (Å²) in [6.45, 7) is 6.46. The van der Waals surface area contributed by atoms with E-state index in [1.807, 2.05) is 0 Å². The predicted octanol–water partition coefficient (Wildman–Crippen LogP) is 4.70. The fourth-order valence-corrected chi connectivity index (χ4v) is 7.96. The average molecular weight is 341 g/mol. The van der Waals surface area contributed by atoms with E-state index in [9.17, 15) is 14.9 Å². The first-order valence-corrected chi connectivity index (χ1v) is 10.2. The van der Waals surface area contributed by atoms with Gasteiger partial charge in [-0.1, -0.05) is 13.8 Å². The van der Waals surface area contributed by atoms with Crippen molar-refractivity contribution in [2.45, 2.75) is 78.6 Å². The Balaban J connectivity index is 1.69. The highest BCUT2D eigenvalue weighted by Crippen LogP contribution is 2.70. The van der Waals surface area contributed by atoms with Crippen molar-refractivity contribution in [3.05, 3.63) is 0 Å². The van der Waals surface area contributed by atoms with E-state index in [2.05, 4.69) is 19.9 Å². The van der Waals surface area contributed by atoms with Crippen LogP contribution in [0.25, 0.3) is 0 Å². The van der Waals surface area contributed by atoms with E-state index in [0.717, 1.165) is 38.5 Å². The number of nitriles is 1. The molecule has 0 amide bonds.